The molecule has 0 spiro atoms. The van der Waals surface area contributed by atoms with Gasteiger partial charge >= 0.3 is 0 Å². The van der Waals surface area contributed by atoms with Crippen molar-refractivity contribution >= 4 is 17.1 Å². The second kappa shape index (κ2) is 4.70. The first-order valence-electron chi connectivity index (χ1n) is 6.11. The second-order valence-corrected chi connectivity index (χ2v) is 5.86. The number of methoxy groups -OCH3 is 1. The fourth-order valence-electron chi connectivity index (χ4n) is 2.22. The van der Waals surface area contributed by atoms with Gasteiger partial charge in [-0.15, -0.1) is 11.3 Å². The standard InChI is InChI=1S/C15H14O3S/c1-9-3-6-15(19-9)14-8-12(16)11-5-4-10(17-2)7-13(11)18-14/h3-7,14H,8H2,1-2H3. The number of thiophene rings is 1. The fraction of sp³-hybridized carbons (Fsp3) is 0.267. The maximum Gasteiger partial charge on any atom is 0.170 e. The van der Waals surface area contributed by atoms with Gasteiger partial charge in [0.05, 0.1) is 19.1 Å². The zero-order chi connectivity index (χ0) is 13.4. The summed E-state index contributed by atoms with van der Waals surface area (Å²) in [5.41, 5.74) is 0.644. The largest absolute Gasteiger partial charge is 0.497 e. The minimum Gasteiger partial charge on any atom is -0.497 e. The topological polar surface area (TPSA) is 35.5 Å². The molecule has 1 aromatic carbocycles. The van der Waals surface area contributed by atoms with Crippen LogP contribution in [-0.2, 0) is 0 Å². The van der Waals surface area contributed by atoms with Gasteiger partial charge in [-0.25, -0.2) is 0 Å². The molecule has 0 radical (unpaired) electrons. The van der Waals surface area contributed by atoms with Crippen LogP contribution in [0.1, 0.15) is 32.6 Å². The third kappa shape index (κ3) is 2.24. The summed E-state index contributed by atoms with van der Waals surface area (Å²) in [6, 6.07) is 9.42. The lowest BCUT2D eigenvalue weighted by atomic mass is 10.00. The van der Waals surface area contributed by atoms with Crippen LogP contribution < -0.4 is 9.47 Å². The fourth-order valence-corrected chi connectivity index (χ4v) is 3.12. The molecular weight excluding hydrogens is 260 g/mol. The molecule has 0 aliphatic carbocycles. The monoisotopic (exact) mass is 274 g/mol. The molecule has 0 amide bonds. The Kier molecular flexibility index (Phi) is 3.03. The summed E-state index contributed by atoms with van der Waals surface area (Å²) in [5, 5.41) is 0. The van der Waals surface area contributed by atoms with Crippen LogP contribution >= 0.6 is 11.3 Å². The van der Waals surface area contributed by atoms with E-state index in [1.54, 1.807) is 36.6 Å². The maximum atomic E-state index is 12.2. The van der Waals surface area contributed by atoms with E-state index in [0.717, 1.165) is 4.88 Å². The Bertz CT molecular complexity index is 630. The summed E-state index contributed by atoms with van der Waals surface area (Å²) < 4.78 is 11.1. The molecule has 3 nitrogen and oxygen atoms in total. The van der Waals surface area contributed by atoms with Crippen molar-refractivity contribution < 1.29 is 14.3 Å². The zero-order valence-corrected chi connectivity index (χ0v) is 11.6. The molecule has 3 rings (SSSR count). The number of hydrogen-bond donors (Lipinski definition) is 0. The lowest BCUT2D eigenvalue weighted by molar-refractivity contribution is 0.0854. The number of benzene rings is 1. The molecule has 0 fully saturated rings. The van der Waals surface area contributed by atoms with Gasteiger partial charge in [0.1, 0.15) is 17.6 Å². The highest BCUT2D eigenvalue weighted by Crippen LogP contribution is 2.38. The van der Waals surface area contributed by atoms with Crippen molar-refractivity contribution in [2.24, 2.45) is 0 Å². The third-order valence-electron chi connectivity index (χ3n) is 3.21. The van der Waals surface area contributed by atoms with Crippen molar-refractivity contribution in [1.29, 1.82) is 0 Å². The van der Waals surface area contributed by atoms with Crippen molar-refractivity contribution in [1.82, 2.24) is 0 Å². The number of carbonyl (C=O) groups is 1. The van der Waals surface area contributed by atoms with Crippen LogP contribution in [0.4, 0.5) is 0 Å². The van der Waals surface area contributed by atoms with Crippen LogP contribution in [0.15, 0.2) is 30.3 Å². The molecule has 1 unspecified atom stereocenters. The van der Waals surface area contributed by atoms with Gasteiger partial charge < -0.3 is 9.47 Å². The number of ether oxygens (including phenoxy) is 2. The Labute approximate surface area is 115 Å². The Morgan fingerprint density at radius 2 is 2.16 bits per heavy atom. The van der Waals surface area contributed by atoms with Gasteiger partial charge in [0.2, 0.25) is 0 Å². The summed E-state index contributed by atoms with van der Waals surface area (Å²) in [4.78, 5) is 14.5. The average Bonchev–Trinajstić information content (AvgIpc) is 2.84. The first-order chi connectivity index (χ1) is 9.17. The SMILES string of the molecule is COc1ccc2c(c1)OC(c1ccc(C)s1)CC2=O. The van der Waals surface area contributed by atoms with Crippen molar-refractivity contribution in [2.45, 2.75) is 19.4 Å². The molecule has 1 aromatic heterocycles. The predicted octanol–water partition coefficient (Wildman–Crippen LogP) is 3.77. The Morgan fingerprint density at radius 3 is 2.84 bits per heavy atom. The van der Waals surface area contributed by atoms with Gasteiger partial charge in [0.25, 0.3) is 0 Å². The summed E-state index contributed by atoms with van der Waals surface area (Å²) in [5.74, 6) is 1.45. The molecule has 0 N–H and O–H groups in total. The summed E-state index contributed by atoms with van der Waals surface area (Å²) >= 11 is 1.67. The second-order valence-electron chi connectivity index (χ2n) is 4.54. The molecule has 1 atom stereocenters. The quantitative estimate of drug-likeness (QED) is 0.836. The number of hydrogen-bond acceptors (Lipinski definition) is 4. The highest BCUT2D eigenvalue weighted by Gasteiger charge is 2.28. The van der Waals surface area contributed by atoms with Crippen LogP contribution in [0.25, 0.3) is 0 Å². The van der Waals surface area contributed by atoms with Gasteiger partial charge in [-0.1, -0.05) is 0 Å². The molecule has 1 aliphatic rings. The van der Waals surface area contributed by atoms with Gasteiger partial charge in [0, 0.05) is 15.8 Å². The number of ketones is 1. The number of rotatable bonds is 2. The van der Waals surface area contributed by atoms with Crippen molar-refractivity contribution in [3.63, 3.8) is 0 Å². The molecule has 0 saturated carbocycles. The molecule has 0 saturated heterocycles. The van der Waals surface area contributed by atoms with Gasteiger partial charge in [-0.3, -0.25) is 4.79 Å². The average molecular weight is 274 g/mol. The van der Waals surface area contributed by atoms with E-state index in [0.29, 0.717) is 23.5 Å². The van der Waals surface area contributed by atoms with Crippen molar-refractivity contribution in [3.8, 4) is 11.5 Å². The van der Waals surface area contributed by atoms with Gasteiger partial charge in [0.15, 0.2) is 5.78 Å². The van der Waals surface area contributed by atoms with Gasteiger partial charge in [-0.2, -0.15) is 0 Å². The number of fused-ring (bicyclic) bond motifs is 1. The molecule has 0 bridgehead atoms. The number of Topliss-reactive ketones (excluding diaryl/α,β-unsaturated/α-hetero) is 1. The molecule has 19 heavy (non-hydrogen) atoms. The minimum atomic E-state index is -0.175. The summed E-state index contributed by atoms with van der Waals surface area (Å²) in [6.45, 7) is 2.05. The number of aryl methyl sites for hydroxylation is 1. The van der Waals surface area contributed by atoms with Crippen molar-refractivity contribution in [3.05, 3.63) is 45.6 Å². The molecule has 98 valence electrons. The van der Waals surface area contributed by atoms with E-state index in [-0.39, 0.29) is 11.9 Å². The third-order valence-corrected chi connectivity index (χ3v) is 4.30. The van der Waals surface area contributed by atoms with Crippen LogP contribution in [0.5, 0.6) is 11.5 Å². The van der Waals surface area contributed by atoms with Crippen LogP contribution in [0, 0.1) is 6.92 Å². The lowest BCUT2D eigenvalue weighted by Gasteiger charge is -2.24. The summed E-state index contributed by atoms with van der Waals surface area (Å²) in [6.07, 6.45) is 0.227. The van der Waals surface area contributed by atoms with E-state index in [1.807, 2.05) is 6.07 Å². The highest BCUT2D eigenvalue weighted by molar-refractivity contribution is 7.12. The van der Waals surface area contributed by atoms with E-state index in [4.69, 9.17) is 9.47 Å². The molecule has 4 heteroatoms. The normalized spacial score (nSPS) is 17.8. The lowest BCUT2D eigenvalue weighted by Crippen LogP contribution is -2.19. The minimum absolute atomic E-state index is 0.125. The Morgan fingerprint density at radius 1 is 1.32 bits per heavy atom. The van der Waals surface area contributed by atoms with E-state index in [1.165, 1.54) is 4.88 Å². The van der Waals surface area contributed by atoms with E-state index >= 15 is 0 Å². The van der Waals surface area contributed by atoms with Gasteiger partial charge in [-0.05, 0) is 31.2 Å². The van der Waals surface area contributed by atoms with E-state index < -0.39 is 0 Å². The molecule has 1 aliphatic heterocycles. The molecule has 2 heterocycles. The maximum absolute atomic E-state index is 12.2. The predicted molar refractivity (Wildman–Crippen MR) is 74.4 cm³/mol. The van der Waals surface area contributed by atoms with Crippen LogP contribution in [0.2, 0.25) is 0 Å². The molecule has 2 aromatic rings. The zero-order valence-electron chi connectivity index (χ0n) is 10.8. The summed E-state index contributed by atoms with van der Waals surface area (Å²) in [7, 11) is 1.60. The smallest absolute Gasteiger partial charge is 0.170 e. The highest BCUT2D eigenvalue weighted by atomic mass is 32.1. The van der Waals surface area contributed by atoms with E-state index in [2.05, 4.69) is 13.0 Å². The van der Waals surface area contributed by atoms with Crippen LogP contribution in [-0.4, -0.2) is 12.9 Å². The first kappa shape index (κ1) is 12.2. The van der Waals surface area contributed by atoms with Crippen LogP contribution in [0.3, 0.4) is 0 Å². The Hall–Kier alpha value is -1.81. The van der Waals surface area contributed by atoms with Crippen molar-refractivity contribution in [2.75, 3.05) is 7.11 Å². The molecular formula is C15H14O3S. The number of carbonyl (C=O) groups excluding carboxylic acids is 1. The Balaban J connectivity index is 1.96. The van der Waals surface area contributed by atoms with E-state index in [9.17, 15) is 4.79 Å². The first-order valence-corrected chi connectivity index (χ1v) is 6.93.